The summed E-state index contributed by atoms with van der Waals surface area (Å²) >= 11 is 0. The van der Waals surface area contributed by atoms with Gasteiger partial charge in [-0.25, -0.2) is 17.9 Å². The predicted molar refractivity (Wildman–Crippen MR) is 143 cm³/mol. The van der Waals surface area contributed by atoms with Crippen molar-refractivity contribution in [3.05, 3.63) is 87.7 Å². The minimum atomic E-state index is -2.84. The Morgan fingerprint density at radius 1 is 1.15 bits per heavy atom. The lowest BCUT2D eigenvalue weighted by Crippen LogP contribution is -2.26. The number of rotatable bonds is 10. The van der Waals surface area contributed by atoms with E-state index in [1.54, 1.807) is 10.9 Å². The monoisotopic (exact) mass is 569 g/mol. The van der Waals surface area contributed by atoms with Crippen LogP contribution in [0.15, 0.2) is 42.7 Å². The Balaban J connectivity index is 1.37. The van der Waals surface area contributed by atoms with E-state index in [0.717, 1.165) is 36.0 Å². The molecule has 5 rings (SSSR count). The van der Waals surface area contributed by atoms with Crippen molar-refractivity contribution in [1.29, 1.82) is 0 Å². The highest BCUT2D eigenvalue weighted by atomic mass is 19.3. The zero-order valence-corrected chi connectivity index (χ0v) is 22.9. The number of nitrogens with zero attached hydrogens (tertiary/aromatic N) is 6. The van der Waals surface area contributed by atoms with Crippen molar-refractivity contribution in [2.75, 3.05) is 27.8 Å². The van der Waals surface area contributed by atoms with Crippen LogP contribution in [0.5, 0.6) is 5.75 Å². The highest BCUT2D eigenvalue weighted by Gasteiger charge is 2.22. The number of amides is 1. The van der Waals surface area contributed by atoms with E-state index in [1.807, 2.05) is 0 Å². The van der Waals surface area contributed by atoms with Crippen LogP contribution < -0.4 is 10.1 Å². The maximum absolute atomic E-state index is 15.3. The summed E-state index contributed by atoms with van der Waals surface area (Å²) in [6.45, 7) is 2.18. The molecule has 0 saturated carbocycles. The zero-order valence-electron chi connectivity index (χ0n) is 22.9. The number of aromatic nitrogens is 5. The van der Waals surface area contributed by atoms with Gasteiger partial charge in [-0.3, -0.25) is 9.48 Å². The third kappa shape index (κ3) is 6.10. The average Bonchev–Trinajstić information content (AvgIpc) is 3.60. The van der Waals surface area contributed by atoms with Crippen LogP contribution in [0.1, 0.15) is 50.4 Å². The van der Waals surface area contributed by atoms with Crippen LogP contribution >= 0.6 is 0 Å². The number of carbonyl (C=O) groups is 1. The summed E-state index contributed by atoms with van der Waals surface area (Å²) < 4.78 is 54.5. The first kappa shape index (κ1) is 28.3. The van der Waals surface area contributed by atoms with Crippen LogP contribution in [0.4, 0.5) is 13.2 Å². The summed E-state index contributed by atoms with van der Waals surface area (Å²) in [6, 6.07) is 9.18. The Morgan fingerprint density at radius 3 is 2.71 bits per heavy atom. The van der Waals surface area contributed by atoms with Gasteiger partial charge in [0, 0.05) is 38.5 Å². The fraction of sp³-hybridized carbons (Fsp3) is 0.357. The van der Waals surface area contributed by atoms with E-state index in [9.17, 15) is 13.6 Å². The molecule has 3 heterocycles. The second-order valence-corrected chi connectivity index (χ2v) is 9.86. The molecule has 216 valence electrons. The summed E-state index contributed by atoms with van der Waals surface area (Å²) in [6.07, 6.45) is 0.811. The normalized spacial score (nSPS) is 13.4. The standard InChI is InChI=1S/C28H30F3N7O3/c1-36-9-8-18-5-4-17(10-19(18)13-36)12-37-14-21(23(34-37)16-40-2)28(39)32-11-20-24(6-7-25(41-3)26(20)29)38-15-22(27(30)31)33-35-38/h4-7,10,14-15,27H,8-9,11-13,16H2,1-3H3,(H,32,39). The van der Waals surface area contributed by atoms with Gasteiger partial charge in [0.1, 0.15) is 11.4 Å². The second-order valence-electron chi connectivity index (χ2n) is 9.86. The summed E-state index contributed by atoms with van der Waals surface area (Å²) in [4.78, 5) is 15.6. The van der Waals surface area contributed by atoms with Crippen molar-refractivity contribution < 1.29 is 27.4 Å². The van der Waals surface area contributed by atoms with Crippen LogP contribution in [0, 0.1) is 5.82 Å². The highest BCUT2D eigenvalue weighted by molar-refractivity contribution is 5.95. The predicted octanol–water partition coefficient (Wildman–Crippen LogP) is 3.66. The average molecular weight is 570 g/mol. The van der Waals surface area contributed by atoms with Gasteiger partial charge in [-0.15, -0.1) is 5.10 Å². The topological polar surface area (TPSA) is 99.3 Å². The molecule has 0 aliphatic carbocycles. The molecule has 2 aromatic carbocycles. The fourth-order valence-corrected chi connectivity index (χ4v) is 4.90. The van der Waals surface area contributed by atoms with Gasteiger partial charge >= 0.3 is 0 Å². The second kappa shape index (κ2) is 12.1. The largest absolute Gasteiger partial charge is 0.494 e. The van der Waals surface area contributed by atoms with E-state index in [1.165, 1.54) is 37.5 Å². The molecule has 0 atom stereocenters. The highest BCUT2D eigenvalue weighted by Crippen LogP contribution is 2.27. The Morgan fingerprint density at radius 2 is 1.98 bits per heavy atom. The molecule has 0 bridgehead atoms. The van der Waals surface area contributed by atoms with Gasteiger partial charge in [0.15, 0.2) is 11.6 Å². The van der Waals surface area contributed by atoms with Gasteiger partial charge in [0.2, 0.25) is 0 Å². The Hall–Kier alpha value is -4.23. The molecule has 0 spiro atoms. The lowest BCUT2D eigenvalue weighted by atomic mass is 9.98. The molecule has 1 amide bonds. The molecule has 0 unspecified atom stereocenters. The summed E-state index contributed by atoms with van der Waals surface area (Å²) in [5.74, 6) is -1.34. The number of alkyl halides is 2. The maximum atomic E-state index is 15.3. The molecule has 1 N–H and O–H groups in total. The van der Waals surface area contributed by atoms with Crippen molar-refractivity contribution in [1.82, 2.24) is 35.0 Å². The molecular weight excluding hydrogens is 539 g/mol. The number of halogens is 3. The summed E-state index contributed by atoms with van der Waals surface area (Å²) in [5.41, 5.74) is 3.94. The smallest absolute Gasteiger partial charge is 0.283 e. The van der Waals surface area contributed by atoms with E-state index in [-0.39, 0.29) is 35.7 Å². The molecule has 0 radical (unpaired) electrons. The van der Waals surface area contributed by atoms with Gasteiger partial charge in [-0.05, 0) is 42.3 Å². The number of benzene rings is 2. The molecule has 41 heavy (non-hydrogen) atoms. The quantitative estimate of drug-likeness (QED) is 0.311. The van der Waals surface area contributed by atoms with Crippen LogP contribution in [-0.2, 0) is 37.4 Å². The minimum Gasteiger partial charge on any atom is -0.494 e. The van der Waals surface area contributed by atoms with Gasteiger partial charge in [0.25, 0.3) is 12.3 Å². The molecule has 10 nitrogen and oxygen atoms in total. The molecule has 1 aliphatic rings. The third-order valence-electron chi connectivity index (χ3n) is 6.99. The number of nitrogens with one attached hydrogen (secondary N) is 1. The van der Waals surface area contributed by atoms with Gasteiger partial charge in [0.05, 0.1) is 37.7 Å². The van der Waals surface area contributed by atoms with E-state index < -0.39 is 23.8 Å². The van der Waals surface area contributed by atoms with Gasteiger partial charge < -0.3 is 19.7 Å². The lowest BCUT2D eigenvalue weighted by Gasteiger charge is -2.25. The van der Waals surface area contributed by atoms with E-state index in [4.69, 9.17) is 9.47 Å². The van der Waals surface area contributed by atoms with E-state index in [0.29, 0.717) is 12.2 Å². The van der Waals surface area contributed by atoms with Crippen molar-refractivity contribution in [3.8, 4) is 11.4 Å². The molecule has 2 aromatic heterocycles. The van der Waals surface area contributed by atoms with Crippen LogP contribution in [0.3, 0.4) is 0 Å². The summed E-state index contributed by atoms with van der Waals surface area (Å²) in [5, 5.41) is 14.4. The van der Waals surface area contributed by atoms with Crippen LogP contribution in [0.25, 0.3) is 5.69 Å². The molecule has 1 aliphatic heterocycles. The fourth-order valence-electron chi connectivity index (χ4n) is 4.90. The van der Waals surface area contributed by atoms with Crippen molar-refractivity contribution in [2.24, 2.45) is 0 Å². The van der Waals surface area contributed by atoms with E-state index in [2.05, 4.69) is 50.9 Å². The molecule has 4 aromatic rings. The van der Waals surface area contributed by atoms with Crippen molar-refractivity contribution >= 4 is 5.91 Å². The number of methoxy groups -OCH3 is 2. The lowest BCUT2D eigenvalue weighted by molar-refractivity contribution is 0.0945. The SMILES string of the molecule is COCc1nn(Cc2ccc3c(c2)CN(C)CC3)cc1C(=O)NCc1c(-n2cc(C(F)F)nn2)ccc(OC)c1F. The van der Waals surface area contributed by atoms with Gasteiger partial charge in [-0.2, -0.15) is 5.10 Å². The molecule has 13 heteroatoms. The van der Waals surface area contributed by atoms with Crippen LogP contribution in [-0.4, -0.2) is 63.4 Å². The molecule has 0 fully saturated rings. The number of ether oxygens (including phenoxy) is 2. The zero-order chi connectivity index (χ0) is 29.1. The first-order valence-corrected chi connectivity index (χ1v) is 13.0. The minimum absolute atomic E-state index is 0.0110. The Kier molecular flexibility index (Phi) is 8.36. The first-order valence-electron chi connectivity index (χ1n) is 13.0. The van der Waals surface area contributed by atoms with Crippen LogP contribution in [0.2, 0.25) is 0 Å². The van der Waals surface area contributed by atoms with Crippen molar-refractivity contribution in [2.45, 2.75) is 39.1 Å². The van der Waals surface area contributed by atoms with E-state index >= 15 is 4.39 Å². The molecule has 0 saturated heterocycles. The number of likely N-dealkylation sites (N-methyl/N-ethyl adjacent to an activating group) is 1. The Bertz CT molecular complexity index is 1550. The number of hydrogen-bond donors (Lipinski definition) is 1. The third-order valence-corrected chi connectivity index (χ3v) is 6.99. The molecular formula is C28H30F3N7O3. The summed E-state index contributed by atoms with van der Waals surface area (Å²) in [7, 11) is 4.90. The number of carbonyl (C=O) groups excluding carboxylic acids is 1. The maximum Gasteiger partial charge on any atom is 0.283 e. The van der Waals surface area contributed by atoms with Gasteiger partial charge in [-0.1, -0.05) is 23.4 Å². The van der Waals surface area contributed by atoms with Crippen molar-refractivity contribution in [3.63, 3.8) is 0 Å². The number of fused-ring (bicyclic) bond motifs is 1. The first-order chi connectivity index (χ1) is 19.8. The Labute approximate surface area is 234 Å². The number of hydrogen-bond acceptors (Lipinski definition) is 7.